The Morgan fingerprint density at radius 2 is 2.05 bits per heavy atom. The quantitative estimate of drug-likeness (QED) is 0.836. The first-order valence-electron chi connectivity index (χ1n) is 7.98. The van der Waals surface area contributed by atoms with Gasteiger partial charge >= 0.3 is 5.97 Å². The first-order valence-corrected chi connectivity index (χ1v) is 7.98. The Kier molecular flexibility index (Phi) is 4.96. The molecule has 1 aromatic heterocycles. The lowest BCUT2D eigenvalue weighted by Crippen LogP contribution is -2.31. The summed E-state index contributed by atoms with van der Waals surface area (Å²) in [4.78, 5) is 11.1. The molecule has 1 atom stereocenters. The van der Waals surface area contributed by atoms with Crippen molar-refractivity contribution in [3.05, 3.63) is 5.82 Å². The van der Waals surface area contributed by atoms with Crippen molar-refractivity contribution in [1.29, 1.82) is 0 Å². The minimum atomic E-state index is -0.798. The minimum absolute atomic E-state index is 0.0313. The van der Waals surface area contributed by atoms with Crippen LogP contribution in [0.15, 0.2) is 0 Å². The molecule has 0 aliphatic heterocycles. The lowest BCUT2D eigenvalue weighted by Gasteiger charge is -2.31. The van der Waals surface area contributed by atoms with E-state index in [1.807, 2.05) is 6.92 Å². The van der Waals surface area contributed by atoms with Gasteiger partial charge in [0.15, 0.2) is 5.82 Å². The fourth-order valence-corrected chi connectivity index (χ4v) is 3.75. The van der Waals surface area contributed by atoms with Gasteiger partial charge in [0.1, 0.15) is 0 Å². The smallest absolute Gasteiger partial charge is 0.305 e. The van der Waals surface area contributed by atoms with Gasteiger partial charge in [-0.1, -0.05) is 33.6 Å². The molecule has 6 nitrogen and oxygen atoms in total. The highest BCUT2D eigenvalue weighted by molar-refractivity contribution is 5.67. The maximum Gasteiger partial charge on any atom is 0.305 e. The van der Waals surface area contributed by atoms with Crippen LogP contribution < -0.4 is 0 Å². The van der Waals surface area contributed by atoms with E-state index in [2.05, 4.69) is 29.4 Å². The molecule has 0 saturated heterocycles. The molecule has 1 fully saturated rings. The van der Waals surface area contributed by atoms with Crippen LogP contribution in [-0.4, -0.2) is 31.3 Å². The monoisotopic (exact) mass is 294 g/mol. The van der Waals surface area contributed by atoms with Crippen LogP contribution in [0.4, 0.5) is 0 Å². The van der Waals surface area contributed by atoms with Gasteiger partial charge in [0.25, 0.3) is 0 Å². The second kappa shape index (κ2) is 6.54. The molecule has 0 bridgehead atoms. The maximum atomic E-state index is 11.1. The van der Waals surface area contributed by atoms with Gasteiger partial charge in [0.2, 0.25) is 0 Å². The average molecular weight is 294 g/mol. The van der Waals surface area contributed by atoms with Crippen molar-refractivity contribution >= 4 is 5.97 Å². The summed E-state index contributed by atoms with van der Waals surface area (Å²) in [5.74, 6) is 0.683. The topological polar surface area (TPSA) is 80.9 Å². The molecule has 2 rings (SSSR count). The van der Waals surface area contributed by atoms with Crippen molar-refractivity contribution in [3.63, 3.8) is 0 Å². The van der Waals surface area contributed by atoms with Gasteiger partial charge in [0, 0.05) is 5.41 Å². The number of rotatable bonds is 7. The van der Waals surface area contributed by atoms with Crippen molar-refractivity contribution in [1.82, 2.24) is 20.2 Å². The summed E-state index contributed by atoms with van der Waals surface area (Å²) in [7, 11) is 0. The molecule has 118 valence electrons. The van der Waals surface area contributed by atoms with Gasteiger partial charge in [0.05, 0.1) is 12.5 Å². The van der Waals surface area contributed by atoms with E-state index in [9.17, 15) is 4.79 Å². The van der Waals surface area contributed by atoms with Gasteiger partial charge in [-0.25, -0.2) is 4.68 Å². The standard InChI is InChI=1S/C15H26N4O2/c1-4-12(9-13(20)21)19-14(16-17-18-19)15(10-11(2)3)7-5-6-8-15/h11-12H,4-10H2,1-3H3,(H,20,21). The van der Waals surface area contributed by atoms with Crippen LogP contribution in [0.5, 0.6) is 0 Å². The van der Waals surface area contributed by atoms with Gasteiger partial charge in [-0.3, -0.25) is 4.79 Å². The highest BCUT2D eigenvalue weighted by Crippen LogP contribution is 2.45. The number of hydrogen-bond donors (Lipinski definition) is 1. The number of aliphatic carboxylic acids is 1. The number of carboxylic acids is 1. The van der Waals surface area contributed by atoms with E-state index < -0.39 is 5.97 Å². The van der Waals surface area contributed by atoms with Crippen molar-refractivity contribution < 1.29 is 9.90 Å². The van der Waals surface area contributed by atoms with Crippen LogP contribution in [0.2, 0.25) is 0 Å². The zero-order valence-corrected chi connectivity index (χ0v) is 13.2. The largest absolute Gasteiger partial charge is 0.481 e. The molecular weight excluding hydrogens is 268 g/mol. The third kappa shape index (κ3) is 3.41. The highest BCUT2D eigenvalue weighted by Gasteiger charge is 2.41. The molecule has 6 heteroatoms. The summed E-state index contributed by atoms with van der Waals surface area (Å²) in [5.41, 5.74) is 0.0313. The molecule has 0 spiro atoms. The highest BCUT2D eigenvalue weighted by atomic mass is 16.4. The van der Waals surface area contributed by atoms with Gasteiger partial charge in [-0.15, -0.1) is 5.10 Å². The third-order valence-corrected chi connectivity index (χ3v) is 4.55. The average Bonchev–Trinajstić information content (AvgIpc) is 3.04. The summed E-state index contributed by atoms with van der Waals surface area (Å²) >= 11 is 0. The molecule has 1 N–H and O–H groups in total. The molecule has 1 unspecified atom stereocenters. The fourth-order valence-electron chi connectivity index (χ4n) is 3.75. The second-order valence-corrected chi connectivity index (χ2v) is 6.69. The fraction of sp³-hybridized carbons (Fsp3) is 0.867. The maximum absolute atomic E-state index is 11.1. The summed E-state index contributed by atoms with van der Waals surface area (Å²) in [5, 5.41) is 21.4. The molecule has 1 heterocycles. The lowest BCUT2D eigenvalue weighted by molar-refractivity contribution is -0.138. The van der Waals surface area contributed by atoms with E-state index in [1.54, 1.807) is 4.68 Å². The normalized spacial score (nSPS) is 19.0. The zero-order chi connectivity index (χ0) is 15.5. The summed E-state index contributed by atoms with van der Waals surface area (Å²) in [6.07, 6.45) is 6.49. The molecule has 21 heavy (non-hydrogen) atoms. The van der Waals surface area contributed by atoms with Crippen LogP contribution in [0.1, 0.15) is 77.6 Å². The number of carbonyl (C=O) groups is 1. The van der Waals surface area contributed by atoms with E-state index in [1.165, 1.54) is 12.8 Å². The predicted octanol–water partition coefficient (Wildman–Crippen LogP) is 2.96. The number of hydrogen-bond acceptors (Lipinski definition) is 4. The Hall–Kier alpha value is -1.46. The molecule has 1 saturated carbocycles. The molecular formula is C15H26N4O2. The van der Waals surface area contributed by atoms with E-state index in [-0.39, 0.29) is 17.9 Å². The molecule has 1 aliphatic carbocycles. The predicted molar refractivity (Wildman–Crippen MR) is 79.0 cm³/mol. The minimum Gasteiger partial charge on any atom is -0.481 e. The third-order valence-electron chi connectivity index (χ3n) is 4.55. The summed E-state index contributed by atoms with van der Waals surface area (Å²) in [6, 6.07) is -0.155. The molecule has 0 amide bonds. The number of carboxylic acid groups (broad SMARTS) is 1. The Balaban J connectivity index is 2.34. The SMILES string of the molecule is CCC(CC(=O)O)n1nnnc1C1(CC(C)C)CCCC1. The summed E-state index contributed by atoms with van der Waals surface area (Å²) < 4.78 is 1.79. The van der Waals surface area contributed by atoms with Crippen molar-refractivity contribution in [2.75, 3.05) is 0 Å². The van der Waals surface area contributed by atoms with Crippen LogP contribution in [0.25, 0.3) is 0 Å². The van der Waals surface area contributed by atoms with Crippen molar-refractivity contribution in [3.8, 4) is 0 Å². The van der Waals surface area contributed by atoms with Crippen LogP contribution >= 0.6 is 0 Å². The van der Waals surface area contributed by atoms with Crippen molar-refractivity contribution in [2.24, 2.45) is 5.92 Å². The Bertz CT molecular complexity index is 478. The first kappa shape index (κ1) is 15.9. The number of nitrogens with zero attached hydrogens (tertiary/aromatic N) is 4. The number of aromatic nitrogens is 4. The molecule has 1 aromatic rings. The van der Waals surface area contributed by atoms with Gasteiger partial charge < -0.3 is 5.11 Å². The molecule has 1 aliphatic rings. The van der Waals surface area contributed by atoms with Gasteiger partial charge in [-0.05, 0) is 42.0 Å². The zero-order valence-electron chi connectivity index (χ0n) is 13.2. The molecule has 0 aromatic carbocycles. The Morgan fingerprint density at radius 3 is 2.57 bits per heavy atom. The summed E-state index contributed by atoms with van der Waals surface area (Å²) in [6.45, 7) is 6.44. The van der Waals surface area contributed by atoms with E-state index in [0.29, 0.717) is 5.92 Å². The first-order chi connectivity index (χ1) is 9.98. The Labute approximate surface area is 125 Å². The van der Waals surface area contributed by atoms with Crippen LogP contribution in [0, 0.1) is 5.92 Å². The second-order valence-electron chi connectivity index (χ2n) is 6.69. The van der Waals surface area contributed by atoms with Gasteiger partial charge in [-0.2, -0.15) is 0 Å². The van der Waals surface area contributed by atoms with Crippen LogP contribution in [-0.2, 0) is 10.2 Å². The van der Waals surface area contributed by atoms with E-state index in [0.717, 1.165) is 31.5 Å². The van der Waals surface area contributed by atoms with E-state index in [4.69, 9.17) is 5.11 Å². The molecule has 0 radical (unpaired) electrons. The van der Waals surface area contributed by atoms with Crippen LogP contribution in [0.3, 0.4) is 0 Å². The van der Waals surface area contributed by atoms with E-state index >= 15 is 0 Å². The number of tetrazole rings is 1. The Morgan fingerprint density at radius 1 is 1.38 bits per heavy atom. The van der Waals surface area contributed by atoms with Crippen molar-refractivity contribution in [2.45, 2.75) is 77.2 Å². The lowest BCUT2D eigenvalue weighted by atomic mass is 9.77.